The minimum Gasteiger partial charge on any atom is -0.457 e. The molecule has 250 valence electrons. The zero-order valence-electron chi connectivity index (χ0n) is 26.4. The smallest absolute Gasteiger partial charge is 0.355 e. The lowest BCUT2D eigenvalue weighted by molar-refractivity contribution is -0.174. The van der Waals surface area contributed by atoms with Crippen molar-refractivity contribution in [1.29, 1.82) is 0 Å². The third-order valence-electron chi connectivity index (χ3n) is 5.70. The summed E-state index contributed by atoms with van der Waals surface area (Å²) < 4.78 is 10.2. The van der Waals surface area contributed by atoms with Crippen molar-refractivity contribution in [3.05, 3.63) is 71.8 Å². The van der Waals surface area contributed by atoms with Crippen LogP contribution in [0.2, 0.25) is 0 Å². The monoisotopic (exact) mass is 644 g/mol. The SMILES string of the molecule is C=C(C(=O)C(O)(C(=O)OC(C)(C)C)C(=O)c1ccc(N)cc1)C(=O)C(O)(C(=O)OC(C)(C)C)C(=O)c1ccc(N)cc1.OCCO. The number of benzene rings is 2. The van der Waals surface area contributed by atoms with Crippen LogP contribution in [0, 0.1) is 0 Å². The molecule has 0 heterocycles. The van der Waals surface area contributed by atoms with Crippen molar-refractivity contribution in [2.24, 2.45) is 0 Å². The number of aliphatic hydroxyl groups is 4. The number of ketones is 4. The van der Waals surface area contributed by atoms with Gasteiger partial charge in [0.25, 0.3) is 11.2 Å². The van der Waals surface area contributed by atoms with Crippen LogP contribution in [0.15, 0.2) is 60.7 Å². The number of carbonyl (C=O) groups is 6. The third kappa shape index (κ3) is 9.37. The van der Waals surface area contributed by atoms with E-state index in [1.54, 1.807) is 0 Å². The second-order valence-corrected chi connectivity index (χ2v) is 11.9. The minimum atomic E-state index is -3.73. The van der Waals surface area contributed by atoms with Crippen LogP contribution in [0.1, 0.15) is 62.3 Å². The van der Waals surface area contributed by atoms with E-state index in [-0.39, 0.29) is 35.7 Å². The first-order valence-corrected chi connectivity index (χ1v) is 13.7. The Balaban J connectivity index is 0.00000249. The quantitative estimate of drug-likeness (QED) is 0.0492. The summed E-state index contributed by atoms with van der Waals surface area (Å²) in [5.41, 5.74) is -0.647. The predicted molar refractivity (Wildman–Crippen MR) is 165 cm³/mol. The number of rotatable bonds is 11. The van der Waals surface area contributed by atoms with E-state index in [4.69, 9.17) is 31.2 Å². The first-order valence-electron chi connectivity index (χ1n) is 13.7. The van der Waals surface area contributed by atoms with Crippen LogP contribution < -0.4 is 11.5 Å². The van der Waals surface area contributed by atoms with E-state index in [9.17, 15) is 39.0 Å². The molecule has 14 heteroatoms. The standard InChI is InChI=1S/C30H34N2O10.C2H6O2/c1-16(21(33)29(39,25(37)41-27(2,3)4)23(35)17-8-12-19(31)13-9-17)22(34)30(40,26(38)42-28(5,6)7)24(36)18-10-14-20(32)15-11-18;3-1-2-4/h8-15,39-40H,1,31-32H2,2-7H3;3-4H,1-2H2. The van der Waals surface area contributed by atoms with E-state index in [0.717, 1.165) is 24.3 Å². The number of aliphatic hydroxyl groups excluding tert-OH is 2. The molecule has 0 saturated carbocycles. The van der Waals surface area contributed by atoms with Gasteiger partial charge in [0.1, 0.15) is 11.2 Å². The molecule has 0 spiro atoms. The fourth-order valence-corrected chi connectivity index (χ4v) is 3.51. The summed E-state index contributed by atoms with van der Waals surface area (Å²) in [6.07, 6.45) is 0. The molecule has 2 aromatic carbocycles. The predicted octanol–water partition coefficient (Wildman–Crippen LogP) is 0.728. The lowest BCUT2D eigenvalue weighted by Gasteiger charge is -2.31. The molecule has 0 aliphatic heterocycles. The van der Waals surface area contributed by atoms with Gasteiger partial charge in [-0.2, -0.15) is 0 Å². The highest BCUT2D eigenvalue weighted by molar-refractivity contribution is 6.45. The first-order chi connectivity index (χ1) is 21.0. The van der Waals surface area contributed by atoms with Gasteiger partial charge in [0, 0.05) is 22.5 Å². The highest BCUT2D eigenvalue weighted by Gasteiger charge is 2.60. The second-order valence-electron chi connectivity index (χ2n) is 11.9. The highest BCUT2D eigenvalue weighted by atomic mass is 16.6. The molecule has 2 unspecified atom stereocenters. The molecule has 0 radical (unpaired) electrons. The molecule has 0 amide bonds. The van der Waals surface area contributed by atoms with Crippen molar-refractivity contribution in [2.75, 3.05) is 24.7 Å². The Bertz CT molecular complexity index is 1370. The largest absolute Gasteiger partial charge is 0.457 e. The molecule has 0 fully saturated rings. The third-order valence-corrected chi connectivity index (χ3v) is 5.70. The molecule has 2 atom stereocenters. The van der Waals surface area contributed by atoms with Crippen LogP contribution in [-0.2, 0) is 28.7 Å². The lowest BCUT2D eigenvalue weighted by Crippen LogP contribution is -2.61. The molecule has 46 heavy (non-hydrogen) atoms. The Labute approximate surface area is 265 Å². The topological polar surface area (TPSA) is 254 Å². The maximum atomic E-state index is 13.7. The summed E-state index contributed by atoms with van der Waals surface area (Å²) in [5.74, 6) is -10.5. The number of hydrogen-bond donors (Lipinski definition) is 6. The van der Waals surface area contributed by atoms with E-state index in [2.05, 4.69) is 6.58 Å². The van der Waals surface area contributed by atoms with Gasteiger partial charge < -0.3 is 41.4 Å². The average Bonchev–Trinajstić information content (AvgIpc) is 2.97. The van der Waals surface area contributed by atoms with E-state index in [1.807, 2.05) is 0 Å². The normalized spacial score (nSPS) is 13.9. The van der Waals surface area contributed by atoms with E-state index >= 15 is 0 Å². The Morgan fingerprint density at radius 3 is 1.09 bits per heavy atom. The number of carbonyl (C=O) groups excluding carboxylic acids is 6. The Morgan fingerprint density at radius 2 is 0.870 bits per heavy atom. The number of esters is 2. The summed E-state index contributed by atoms with van der Waals surface area (Å²) in [7, 11) is 0. The van der Waals surface area contributed by atoms with Crippen molar-refractivity contribution >= 4 is 46.4 Å². The van der Waals surface area contributed by atoms with E-state index in [0.29, 0.717) is 0 Å². The van der Waals surface area contributed by atoms with Crippen molar-refractivity contribution in [1.82, 2.24) is 0 Å². The van der Waals surface area contributed by atoms with Crippen LogP contribution >= 0.6 is 0 Å². The highest BCUT2D eigenvalue weighted by Crippen LogP contribution is 2.29. The van der Waals surface area contributed by atoms with Gasteiger partial charge in [-0.3, -0.25) is 19.2 Å². The van der Waals surface area contributed by atoms with Crippen LogP contribution in [0.4, 0.5) is 11.4 Å². The Kier molecular flexibility index (Phi) is 12.8. The van der Waals surface area contributed by atoms with Crippen molar-refractivity contribution in [3.8, 4) is 0 Å². The summed E-state index contributed by atoms with van der Waals surface area (Å²) in [4.78, 5) is 80.5. The van der Waals surface area contributed by atoms with Gasteiger partial charge >= 0.3 is 11.9 Å². The number of Topliss-reactive ketones (excluding diaryl/α,β-unsaturated/α-hetero) is 4. The fourth-order valence-electron chi connectivity index (χ4n) is 3.51. The zero-order valence-corrected chi connectivity index (χ0v) is 26.4. The minimum absolute atomic E-state index is 0.125. The van der Waals surface area contributed by atoms with Gasteiger partial charge in [0.05, 0.1) is 18.8 Å². The molecule has 0 aliphatic carbocycles. The molecule has 0 saturated heterocycles. The molecular weight excluding hydrogens is 604 g/mol. The molecule has 0 aliphatic rings. The van der Waals surface area contributed by atoms with Crippen LogP contribution in [0.5, 0.6) is 0 Å². The van der Waals surface area contributed by atoms with Crippen molar-refractivity contribution in [3.63, 3.8) is 0 Å². The maximum absolute atomic E-state index is 13.7. The van der Waals surface area contributed by atoms with Gasteiger partial charge in [0.15, 0.2) is 0 Å². The van der Waals surface area contributed by atoms with Gasteiger partial charge in [0.2, 0.25) is 23.1 Å². The fraction of sp³-hybridized carbons (Fsp3) is 0.375. The van der Waals surface area contributed by atoms with Gasteiger partial charge in [-0.05, 0) is 90.1 Å². The lowest BCUT2D eigenvalue weighted by atomic mass is 9.79. The maximum Gasteiger partial charge on any atom is 0.355 e. The van der Waals surface area contributed by atoms with Crippen LogP contribution in [0.25, 0.3) is 0 Å². The molecule has 8 N–H and O–H groups in total. The van der Waals surface area contributed by atoms with Crippen LogP contribution in [-0.4, -0.2) is 91.1 Å². The summed E-state index contributed by atoms with van der Waals surface area (Å²) in [5, 5.41) is 38.0. The molecular formula is C32H40N2O12. The number of nitrogens with two attached hydrogens (primary N) is 2. The van der Waals surface area contributed by atoms with Gasteiger partial charge in [-0.15, -0.1) is 0 Å². The van der Waals surface area contributed by atoms with E-state index in [1.165, 1.54) is 65.8 Å². The first kappa shape index (κ1) is 39.3. The van der Waals surface area contributed by atoms with E-state index < -0.39 is 63.0 Å². The van der Waals surface area contributed by atoms with Gasteiger partial charge in [-0.25, -0.2) is 9.59 Å². The number of hydrogen-bond acceptors (Lipinski definition) is 14. The average molecular weight is 645 g/mol. The number of nitrogen functional groups attached to an aromatic ring is 2. The van der Waals surface area contributed by atoms with Crippen LogP contribution in [0.3, 0.4) is 0 Å². The second kappa shape index (κ2) is 15.0. The molecule has 2 aromatic rings. The Morgan fingerprint density at radius 1 is 0.609 bits per heavy atom. The number of anilines is 2. The summed E-state index contributed by atoms with van der Waals surface area (Å²) in [6, 6.07) is 9.41. The molecule has 2 rings (SSSR count). The van der Waals surface area contributed by atoms with Crippen molar-refractivity contribution < 1.29 is 58.7 Å². The zero-order chi connectivity index (χ0) is 35.8. The molecule has 0 aromatic heterocycles. The molecule has 0 bridgehead atoms. The van der Waals surface area contributed by atoms with Gasteiger partial charge in [-0.1, -0.05) is 6.58 Å². The Hall–Kier alpha value is -4.76. The van der Waals surface area contributed by atoms with Crippen molar-refractivity contribution in [2.45, 2.75) is 63.9 Å². The number of ether oxygens (including phenoxy) is 2. The summed E-state index contributed by atoms with van der Waals surface area (Å²) in [6.45, 7) is 11.3. The summed E-state index contributed by atoms with van der Waals surface area (Å²) >= 11 is 0. The molecule has 14 nitrogen and oxygen atoms in total.